The van der Waals surface area contributed by atoms with Crippen molar-refractivity contribution in [1.29, 1.82) is 0 Å². The number of aromatic amines is 1. The van der Waals surface area contributed by atoms with E-state index in [0.29, 0.717) is 25.3 Å². The molecule has 3 rings (SSSR count). The van der Waals surface area contributed by atoms with Crippen molar-refractivity contribution in [1.82, 2.24) is 20.0 Å². The van der Waals surface area contributed by atoms with E-state index in [9.17, 15) is 14.7 Å². The number of piperidine rings is 1. The topological polar surface area (TPSA) is 89.5 Å². The number of carbonyl (C=O) groups excluding carboxylic acids is 2. The van der Waals surface area contributed by atoms with Crippen LogP contribution < -0.4 is 0 Å². The molecule has 0 aromatic carbocycles. The Kier molecular flexibility index (Phi) is 3.91. The maximum Gasteiger partial charge on any atom is 0.271 e. The zero-order valence-corrected chi connectivity index (χ0v) is 13.7. The Bertz CT molecular complexity index is 592. The molecule has 0 bridgehead atoms. The van der Waals surface area contributed by atoms with Crippen LogP contribution in [0.2, 0.25) is 0 Å². The van der Waals surface area contributed by atoms with Crippen molar-refractivity contribution >= 4 is 11.8 Å². The normalized spacial score (nSPS) is 26.7. The molecular weight excluding hydrogens is 296 g/mol. The van der Waals surface area contributed by atoms with Gasteiger partial charge in [0, 0.05) is 32.8 Å². The van der Waals surface area contributed by atoms with Crippen LogP contribution in [0.1, 0.15) is 43.6 Å². The lowest BCUT2D eigenvalue weighted by molar-refractivity contribution is -0.134. The predicted octanol–water partition coefficient (Wildman–Crippen LogP) is 0.635. The number of H-pyrrole nitrogens is 1. The number of hydrogen-bond acceptors (Lipinski definition) is 4. The smallest absolute Gasteiger partial charge is 0.271 e. The van der Waals surface area contributed by atoms with E-state index in [1.807, 2.05) is 11.8 Å². The number of likely N-dealkylation sites (tertiary alicyclic amines) is 2. The number of aliphatic hydroxyl groups excluding tert-OH is 1. The Morgan fingerprint density at radius 2 is 2.09 bits per heavy atom. The number of carbonyl (C=O) groups is 2. The first-order valence-corrected chi connectivity index (χ1v) is 8.07. The second-order valence-corrected chi connectivity index (χ2v) is 7.20. The Morgan fingerprint density at radius 1 is 1.39 bits per heavy atom. The minimum Gasteiger partial charge on any atom is -0.394 e. The Labute approximate surface area is 135 Å². The first kappa shape index (κ1) is 16.0. The number of aliphatic hydroxyl groups is 1. The van der Waals surface area contributed by atoms with Crippen LogP contribution in [0.5, 0.6) is 0 Å². The maximum absolute atomic E-state index is 12.4. The van der Waals surface area contributed by atoms with Crippen LogP contribution in [-0.4, -0.2) is 68.7 Å². The highest BCUT2D eigenvalue weighted by atomic mass is 16.3. The highest BCUT2D eigenvalue weighted by molar-refractivity contribution is 5.92. The molecule has 1 atom stereocenters. The van der Waals surface area contributed by atoms with Crippen molar-refractivity contribution in [2.24, 2.45) is 5.41 Å². The van der Waals surface area contributed by atoms with E-state index in [4.69, 9.17) is 0 Å². The van der Waals surface area contributed by atoms with Gasteiger partial charge in [-0.1, -0.05) is 0 Å². The summed E-state index contributed by atoms with van der Waals surface area (Å²) < 4.78 is 0. The van der Waals surface area contributed by atoms with Crippen molar-refractivity contribution in [2.45, 2.75) is 38.6 Å². The molecule has 1 aromatic heterocycles. The van der Waals surface area contributed by atoms with E-state index < -0.39 is 5.54 Å². The van der Waals surface area contributed by atoms with E-state index in [0.717, 1.165) is 19.3 Å². The minimum absolute atomic E-state index is 0.00785. The Hall–Kier alpha value is -1.89. The summed E-state index contributed by atoms with van der Waals surface area (Å²) in [6.45, 7) is 5.50. The van der Waals surface area contributed by atoms with Crippen LogP contribution in [-0.2, 0) is 4.79 Å². The summed E-state index contributed by atoms with van der Waals surface area (Å²) in [5.41, 5.74) is 0.0351. The number of nitrogens with one attached hydrogen (secondary N) is 1. The van der Waals surface area contributed by atoms with Gasteiger partial charge in [0.25, 0.3) is 5.91 Å². The van der Waals surface area contributed by atoms with E-state index in [2.05, 4.69) is 10.2 Å². The molecule has 7 heteroatoms. The first-order chi connectivity index (χ1) is 10.9. The lowest BCUT2D eigenvalue weighted by atomic mass is 9.74. The molecule has 2 saturated heterocycles. The quantitative estimate of drug-likeness (QED) is 0.836. The molecule has 0 radical (unpaired) electrons. The molecule has 2 aliphatic heterocycles. The van der Waals surface area contributed by atoms with Gasteiger partial charge in [-0.15, -0.1) is 0 Å². The van der Waals surface area contributed by atoms with Crippen LogP contribution in [0, 0.1) is 5.41 Å². The molecule has 3 heterocycles. The minimum atomic E-state index is -0.485. The van der Waals surface area contributed by atoms with Crippen molar-refractivity contribution in [3.05, 3.63) is 18.0 Å². The third-order valence-corrected chi connectivity index (χ3v) is 5.46. The van der Waals surface area contributed by atoms with Crippen LogP contribution in [0.25, 0.3) is 0 Å². The largest absolute Gasteiger partial charge is 0.394 e. The van der Waals surface area contributed by atoms with Gasteiger partial charge in [0.2, 0.25) is 5.91 Å². The van der Waals surface area contributed by atoms with Gasteiger partial charge in [-0.2, -0.15) is 5.10 Å². The second-order valence-electron chi connectivity index (χ2n) is 7.20. The number of hydrogen-bond donors (Lipinski definition) is 2. The van der Waals surface area contributed by atoms with Gasteiger partial charge in [-0.3, -0.25) is 14.7 Å². The fourth-order valence-electron chi connectivity index (χ4n) is 4.18. The van der Waals surface area contributed by atoms with E-state index in [-0.39, 0.29) is 23.8 Å². The molecule has 7 nitrogen and oxygen atoms in total. The maximum atomic E-state index is 12.4. The monoisotopic (exact) mass is 320 g/mol. The summed E-state index contributed by atoms with van der Waals surface area (Å²) in [6.07, 6.45) is 4.08. The lowest BCUT2D eigenvalue weighted by Gasteiger charge is -2.39. The number of nitrogens with zero attached hydrogens (tertiary/aromatic N) is 3. The summed E-state index contributed by atoms with van der Waals surface area (Å²) in [6, 6.07) is 1.68. The molecule has 2 aliphatic rings. The Morgan fingerprint density at radius 3 is 2.57 bits per heavy atom. The summed E-state index contributed by atoms with van der Waals surface area (Å²) >= 11 is 0. The van der Waals surface area contributed by atoms with Crippen LogP contribution in [0.3, 0.4) is 0 Å². The predicted molar refractivity (Wildman–Crippen MR) is 83.7 cm³/mol. The Balaban J connectivity index is 1.69. The van der Waals surface area contributed by atoms with Gasteiger partial charge in [0.1, 0.15) is 5.69 Å². The molecule has 1 aromatic rings. The summed E-state index contributed by atoms with van der Waals surface area (Å²) in [7, 11) is 0. The third kappa shape index (κ3) is 2.73. The second kappa shape index (κ2) is 5.63. The van der Waals surface area contributed by atoms with Crippen LogP contribution in [0.15, 0.2) is 12.3 Å². The molecular formula is C16H24N4O3. The lowest BCUT2D eigenvalue weighted by Crippen LogP contribution is -2.46. The number of rotatable bonds is 2. The summed E-state index contributed by atoms with van der Waals surface area (Å²) in [5.74, 6) is -0.0157. The van der Waals surface area contributed by atoms with Crippen LogP contribution in [0.4, 0.5) is 0 Å². The average Bonchev–Trinajstić information content (AvgIpc) is 3.15. The standard InChI is InChI=1S/C16H24N4O3/c1-12(22)20-10-16(9-15(20,2)11-21)4-7-19(8-5-16)14(23)13-3-6-17-18-13/h3,6,21H,4-5,7-11H2,1-2H3,(H,17,18)/t15-/m0/s1. The van der Waals surface area contributed by atoms with Crippen LogP contribution >= 0.6 is 0 Å². The zero-order chi connectivity index (χ0) is 16.7. The van der Waals surface area contributed by atoms with Crippen molar-refractivity contribution in [3.63, 3.8) is 0 Å². The van der Waals surface area contributed by atoms with Gasteiger partial charge >= 0.3 is 0 Å². The molecule has 1 spiro atoms. The summed E-state index contributed by atoms with van der Waals surface area (Å²) in [4.78, 5) is 27.9. The molecule has 0 unspecified atom stereocenters. The molecule has 0 aliphatic carbocycles. The summed E-state index contributed by atoms with van der Waals surface area (Å²) in [5, 5.41) is 16.3. The van der Waals surface area contributed by atoms with Gasteiger partial charge in [-0.05, 0) is 37.7 Å². The molecule has 0 saturated carbocycles. The fraction of sp³-hybridized carbons (Fsp3) is 0.688. The number of aromatic nitrogens is 2. The SMILES string of the molecule is CC(=O)N1CC2(CCN(C(=O)c3ccn[nH]3)CC2)C[C@@]1(C)CO. The highest BCUT2D eigenvalue weighted by Gasteiger charge is 2.52. The molecule has 2 amide bonds. The van der Waals surface area contributed by atoms with Gasteiger partial charge in [0.15, 0.2) is 0 Å². The van der Waals surface area contributed by atoms with E-state index in [1.54, 1.807) is 24.1 Å². The molecule has 2 N–H and O–H groups in total. The average molecular weight is 320 g/mol. The van der Waals surface area contributed by atoms with Crippen molar-refractivity contribution in [2.75, 3.05) is 26.2 Å². The van der Waals surface area contributed by atoms with E-state index >= 15 is 0 Å². The molecule has 2 fully saturated rings. The third-order valence-electron chi connectivity index (χ3n) is 5.46. The molecule has 126 valence electrons. The molecule has 23 heavy (non-hydrogen) atoms. The first-order valence-electron chi connectivity index (χ1n) is 8.07. The van der Waals surface area contributed by atoms with Gasteiger partial charge in [-0.25, -0.2) is 0 Å². The highest BCUT2D eigenvalue weighted by Crippen LogP contribution is 2.48. The van der Waals surface area contributed by atoms with Crippen molar-refractivity contribution < 1.29 is 14.7 Å². The van der Waals surface area contributed by atoms with Gasteiger partial charge in [0.05, 0.1) is 12.1 Å². The fourth-order valence-corrected chi connectivity index (χ4v) is 4.18. The van der Waals surface area contributed by atoms with Crippen molar-refractivity contribution in [3.8, 4) is 0 Å². The zero-order valence-electron chi connectivity index (χ0n) is 13.7. The van der Waals surface area contributed by atoms with E-state index in [1.165, 1.54) is 0 Å². The van der Waals surface area contributed by atoms with Gasteiger partial charge < -0.3 is 14.9 Å². The number of amides is 2.